The zero-order valence-corrected chi connectivity index (χ0v) is 15.4. The molecule has 2 aromatic heterocycles. The average molecular weight is 359 g/mol. The molecule has 2 amide bonds. The SMILES string of the molecule is CC(CC(C)NC(=O)c1ccc(C(C)C)[nH]c1=O)NC(=O)c1cn[nH]c1. The van der Waals surface area contributed by atoms with Gasteiger partial charge in [0.2, 0.25) is 0 Å². The second kappa shape index (κ2) is 8.46. The number of aromatic nitrogens is 3. The van der Waals surface area contributed by atoms with Crippen LogP contribution in [0, 0.1) is 0 Å². The molecular weight excluding hydrogens is 334 g/mol. The summed E-state index contributed by atoms with van der Waals surface area (Å²) in [6.45, 7) is 7.61. The Bertz CT molecular complexity index is 810. The van der Waals surface area contributed by atoms with Crippen LogP contribution in [0.2, 0.25) is 0 Å². The van der Waals surface area contributed by atoms with Crippen LogP contribution in [-0.2, 0) is 0 Å². The third-order valence-corrected chi connectivity index (χ3v) is 4.02. The lowest BCUT2D eigenvalue weighted by atomic mass is 10.1. The number of pyridine rings is 1. The molecule has 0 bridgehead atoms. The highest BCUT2D eigenvalue weighted by Crippen LogP contribution is 2.09. The van der Waals surface area contributed by atoms with Gasteiger partial charge < -0.3 is 15.6 Å². The van der Waals surface area contributed by atoms with Crippen LogP contribution in [-0.4, -0.2) is 39.1 Å². The molecule has 0 fully saturated rings. The van der Waals surface area contributed by atoms with Crippen LogP contribution in [0.4, 0.5) is 0 Å². The molecule has 8 nitrogen and oxygen atoms in total. The summed E-state index contributed by atoms with van der Waals surface area (Å²) in [5.74, 6) is -0.480. The first-order chi connectivity index (χ1) is 12.3. The van der Waals surface area contributed by atoms with Gasteiger partial charge in [-0.1, -0.05) is 13.8 Å². The lowest BCUT2D eigenvalue weighted by Gasteiger charge is -2.19. The van der Waals surface area contributed by atoms with Gasteiger partial charge in [-0.25, -0.2) is 0 Å². The van der Waals surface area contributed by atoms with Crippen LogP contribution in [0.25, 0.3) is 0 Å². The molecular formula is C18H25N5O3. The summed E-state index contributed by atoms with van der Waals surface area (Å²) in [5.41, 5.74) is 0.916. The quantitative estimate of drug-likeness (QED) is 0.599. The van der Waals surface area contributed by atoms with E-state index in [0.717, 1.165) is 5.69 Å². The van der Waals surface area contributed by atoms with Crippen LogP contribution in [0.3, 0.4) is 0 Å². The molecule has 2 rings (SSSR count). The zero-order chi connectivity index (χ0) is 19.3. The Morgan fingerprint density at radius 3 is 2.27 bits per heavy atom. The van der Waals surface area contributed by atoms with E-state index in [1.807, 2.05) is 27.7 Å². The predicted molar refractivity (Wildman–Crippen MR) is 98.2 cm³/mol. The number of nitrogens with one attached hydrogen (secondary N) is 4. The van der Waals surface area contributed by atoms with Gasteiger partial charge in [-0.15, -0.1) is 0 Å². The van der Waals surface area contributed by atoms with Crippen LogP contribution in [0.5, 0.6) is 0 Å². The zero-order valence-electron chi connectivity index (χ0n) is 15.4. The first-order valence-electron chi connectivity index (χ1n) is 8.61. The molecule has 0 radical (unpaired) electrons. The van der Waals surface area contributed by atoms with Crippen molar-refractivity contribution in [1.29, 1.82) is 0 Å². The van der Waals surface area contributed by atoms with Crippen molar-refractivity contribution in [3.8, 4) is 0 Å². The van der Waals surface area contributed by atoms with E-state index in [9.17, 15) is 14.4 Å². The molecule has 26 heavy (non-hydrogen) atoms. The maximum absolute atomic E-state index is 12.3. The second-order valence-electron chi connectivity index (χ2n) is 6.78. The molecule has 0 saturated carbocycles. The Balaban J connectivity index is 1.90. The number of H-pyrrole nitrogens is 2. The van der Waals surface area contributed by atoms with Gasteiger partial charge in [0.15, 0.2) is 0 Å². The second-order valence-corrected chi connectivity index (χ2v) is 6.78. The summed E-state index contributed by atoms with van der Waals surface area (Å²) in [5, 5.41) is 12.0. The summed E-state index contributed by atoms with van der Waals surface area (Å²) < 4.78 is 0. The van der Waals surface area contributed by atoms with Gasteiger partial charge in [-0.05, 0) is 38.3 Å². The highest BCUT2D eigenvalue weighted by atomic mass is 16.2. The number of carbonyl (C=O) groups is 2. The molecule has 0 saturated heterocycles. The monoisotopic (exact) mass is 359 g/mol. The molecule has 0 spiro atoms. The van der Waals surface area contributed by atoms with Gasteiger partial charge in [-0.2, -0.15) is 5.10 Å². The topological polar surface area (TPSA) is 120 Å². The van der Waals surface area contributed by atoms with Gasteiger partial charge in [-0.3, -0.25) is 19.5 Å². The van der Waals surface area contributed by atoms with E-state index in [4.69, 9.17) is 0 Å². The van der Waals surface area contributed by atoms with Crippen LogP contribution < -0.4 is 16.2 Å². The first-order valence-corrected chi connectivity index (χ1v) is 8.61. The Labute approximate surface area is 151 Å². The lowest BCUT2D eigenvalue weighted by Crippen LogP contribution is -2.41. The standard InChI is InChI=1S/C18H25N5O3/c1-10(2)15-6-5-14(18(26)23-15)17(25)22-12(4)7-11(3)21-16(24)13-8-19-20-9-13/h5-6,8-12H,7H2,1-4H3,(H,19,20)(H,21,24)(H,22,25)(H,23,26). The normalized spacial score (nSPS) is 13.3. The predicted octanol–water partition coefficient (Wildman–Crippen LogP) is 1.55. The Hall–Kier alpha value is -2.90. The lowest BCUT2D eigenvalue weighted by molar-refractivity contribution is 0.0927. The fourth-order valence-electron chi connectivity index (χ4n) is 2.64. The molecule has 0 aliphatic rings. The molecule has 8 heteroatoms. The van der Waals surface area contributed by atoms with Crippen molar-refractivity contribution in [3.05, 3.63) is 51.7 Å². The molecule has 2 aromatic rings. The van der Waals surface area contributed by atoms with Crippen LogP contribution in [0.15, 0.2) is 29.3 Å². The summed E-state index contributed by atoms with van der Waals surface area (Å²) >= 11 is 0. The molecule has 2 unspecified atom stereocenters. The Morgan fingerprint density at radius 2 is 1.73 bits per heavy atom. The summed E-state index contributed by atoms with van der Waals surface area (Å²) in [7, 11) is 0. The number of amides is 2. The van der Waals surface area contributed by atoms with Crippen molar-refractivity contribution in [2.45, 2.75) is 52.1 Å². The van der Waals surface area contributed by atoms with Gasteiger partial charge in [0.1, 0.15) is 5.56 Å². The van der Waals surface area contributed by atoms with Crippen molar-refractivity contribution in [2.75, 3.05) is 0 Å². The minimum atomic E-state index is -0.428. The highest BCUT2D eigenvalue weighted by Gasteiger charge is 2.17. The molecule has 140 valence electrons. The molecule has 0 aromatic carbocycles. The van der Waals surface area contributed by atoms with E-state index in [2.05, 4.69) is 25.8 Å². The Morgan fingerprint density at radius 1 is 1.08 bits per heavy atom. The number of rotatable bonds is 7. The largest absolute Gasteiger partial charge is 0.349 e. The minimum absolute atomic E-state index is 0.0799. The average Bonchev–Trinajstić information content (AvgIpc) is 3.08. The van der Waals surface area contributed by atoms with E-state index in [1.165, 1.54) is 12.4 Å². The third kappa shape index (κ3) is 5.05. The third-order valence-electron chi connectivity index (χ3n) is 4.02. The van der Waals surface area contributed by atoms with E-state index in [0.29, 0.717) is 12.0 Å². The molecule has 0 aliphatic heterocycles. The van der Waals surface area contributed by atoms with Crippen molar-refractivity contribution in [3.63, 3.8) is 0 Å². The molecule has 2 heterocycles. The number of aromatic amines is 2. The van der Waals surface area contributed by atoms with Crippen molar-refractivity contribution in [2.24, 2.45) is 0 Å². The van der Waals surface area contributed by atoms with Gasteiger partial charge >= 0.3 is 0 Å². The maximum atomic E-state index is 12.3. The molecule has 2 atom stereocenters. The van der Waals surface area contributed by atoms with E-state index >= 15 is 0 Å². The summed E-state index contributed by atoms with van der Waals surface area (Å²) in [6.07, 6.45) is 3.48. The first kappa shape index (κ1) is 19.4. The van der Waals surface area contributed by atoms with E-state index in [1.54, 1.807) is 12.1 Å². The smallest absolute Gasteiger partial charge is 0.261 e. The van der Waals surface area contributed by atoms with Crippen molar-refractivity contribution >= 4 is 11.8 Å². The summed E-state index contributed by atoms with van der Waals surface area (Å²) in [6, 6.07) is 2.92. The Kier molecular flexibility index (Phi) is 6.32. The van der Waals surface area contributed by atoms with Gasteiger partial charge in [0.25, 0.3) is 17.4 Å². The van der Waals surface area contributed by atoms with Gasteiger partial charge in [0.05, 0.1) is 11.8 Å². The maximum Gasteiger partial charge on any atom is 0.261 e. The van der Waals surface area contributed by atoms with E-state index in [-0.39, 0.29) is 29.5 Å². The number of nitrogens with zero attached hydrogens (tertiary/aromatic N) is 1. The number of hydrogen-bond acceptors (Lipinski definition) is 4. The molecule has 0 aliphatic carbocycles. The van der Waals surface area contributed by atoms with E-state index < -0.39 is 11.5 Å². The van der Waals surface area contributed by atoms with Crippen LogP contribution in [0.1, 0.15) is 66.4 Å². The van der Waals surface area contributed by atoms with Gasteiger partial charge in [0, 0.05) is 24.0 Å². The molecule has 4 N–H and O–H groups in total. The summed E-state index contributed by atoms with van der Waals surface area (Å²) in [4.78, 5) is 39.1. The number of hydrogen-bond donors (Lipinski definition) is 4. The fourth-order valence-corrected chi connectivity index (χ4v) is 2.64. The van der Waals surface area contributed by atoms with Crippen molar-refractivity contribution < 1.29 is 9.59 Å². The fraction of sp³-hybridized carbons (Fsp3) is 0.444. The highest BCUT2D eigenvalue weighted by molar-refractivity contribution is 5.94. The minimum Gasteiger partial charge on any atom is -0.349 e. The van der Waals surface area contributed by atoms with Crippen LogP contribution >= 0.6 is 0 Å². The number of carbonyl (C=O) groups excluding carboxylic acids is 2. The van der Waals surface area contributed by atoms with Crippen molar-refractivity contribution in [1.82, 2.24) is 25.8 Å².